The zero-order chi connectivity index (χ0) is 18.9. The lowest BCUT2D eigenvalue weighted by molar-refractivity contribution is -0.151. The molecule has 1 aromatic rings. The van der Waals surface area contributed by atoms with E-state index in [2.05, 4.69) is 5.10 Å². The third kappa shape index (κ3) is 3.41. The fraction of sp³-hybridized carbons (Fsp3) is 0.650. The van der Waals surface area contributed by atoms with E-state index < -0.39 is 11.4 Å². The van der Waals surface area contributed by atoms with Gasteiger partial charge in [-0.25, -0.2) is 0 Å². The molecule has 3 rings (SSSR count). The Hall–Kier alpha value is -2.11. The van der Waals surface area contributed by atoms with E-state index in [4.69, 9.17) is 0 Å². The monoisotopic (exact) mass is 359 g/mol. The number of hydrogen-bond acceptors (Lipinski definition) is 3. The topological polar surface area (TPSA) is 75.4 Å². The lowest BCUT2D eigenvalue weighted by atomic mass is 9.76. The highest BCUT2D eigenvalue weighted by molar-refractivity contribution is 5.94. The van der Waals surface area contributed by atoms with Gasteiger partial charge in [0.05, 0.1) is 5.41 Å². The van der Waals surface area contributed by atoms with Crippen molar-refractivity contribution < 1.29 is 14.7 Å². The fourth-order valence-electron chi connectivity index (χ4n) is 4.23. The van der Waals surface area contributed by atoms with Crippen LogP contribution in [0, 0.1) is 5.41 Å². The molecule has 142 valence electrons. The summed E-state index contributed by atoms with van der Waals surface area (Å²) in [6.07, 6.45) is 7.83. The van der Waals surface area contributed by atoms with Crippen molar-refractivity contribution in [2.45, 2.75) is 58.8 Å². The van der Waals surface area contributed by atoms with Gasteiger partial charge in [0.2, 0.25) is 0 Å². The quantitative estimate of drug-likeness (QED) is 0.839. The van der Waals surface area contributed by atoms with E-state index in [-0.39, 0.29) is 12.5 Å². The predicted octanol–water partition coefficient (Wildman–Crippen LogP) is 2.96. The van der Waals surface area contributed by atoms with Crippen molar-refractivity contribution in [2.24, 2.45) is 12.5 Å². The standard InChI is InChI=1S/C20H29N3O3/c1-14(2)9-11-20(19(25)26)10-6-12-23(13-20)18(24)17-15-7-4-5-8-16(15)22(3)21-17/h9H,4-8,10-13H2,1-3H3,(H,25,26). The third-order valence-corrected chi connectivity index (χ3v) is 5.79. The Morgan fingerprint density at radius 1 is 1.23 bits per heavy atom. The molecule has 6 heteroatoms. The largest absolute Gasteiger partial charge is 0.481 e. The van der Waals surface area contributed by atoms with Crippen LogP contribution < -0.4 is 0 Å². The lowest BCUT2D eigenvalue weighted by Crippen LogP contribution is -2.50. The van der Waals surface area contributed by atoms with E-state index in [0.29, 0.717) is 31.5 Å². The van der Waals surface area contributed by atoms with Gasteiger partial charge in [-0.1, -0.05) is 11.6 Å². The summed E-state index contributed by atoms with van der Waals surface area (Å²) < 4.78 is 1.83. The minimum absolute atomic E-state index is 0.105. The van der Waals surface area contributed by atoms with Crippen LogP contribution in [0.4, 0.5) is 0 Å². The molecule has 1 amide bonds. The molecule has 1 N–H and O–H groups in total. The summed E-state index contributed by atoms with van der Waals surface area (Å²) in [4.78, 5) is 26.9. The molecule has 0 saturated carbocycles. The molecule has 1 fully saturated rings. The van der Waals surface area contributed by atoms with Crippen molar-refractivity contribution in [3.8, 4) is 0 Å². The van der Waals surface area contributed by atoms with Crippen LogP contribution in [0.25, 0.3) is 0 Å². The van der Waals surface area contributed by atoms with Gasteiger partial charge in [-0.15, -0.1) is 0 Å². The molecule has 1 unspecified atom stereocenters. The summed E-state index contributed by atoms with van der Waals surface area (Å²) in [7, 11) is 1.90. The van der Waals surface area contributed by atoms with Crippen LogP contribution in [0.2, 0.25) is 0 Å². The van der Waals surface area contributed by atoms with Gasteiger partial charge >= 0.3 is 5.97 Å². The highest BCUT2D eigenvalue weighted by atomic mass is 16.4. The molecular weight excluding hydrogens is 330 g/mol. The van der Waals surface area contributed by atoms with E-state index >= 15 is 0 Å². The number of piperidine rings is 1. The number of nitrogens with zero attached hydrogens (tertiary/aromatic N) is 3. The molecule has 2 heterocycles. The minimum atomic E-state index is -0.889. The number of allylic oxidation sites excluding steroid dienone is 2. The van der Waals surface area contributed by atoms with Crippen LogP contribution in [-0.4, -0.2) is 44.8 Å². The van der Waals surface area contributed by atoms with E-state index in [1.54, 1.807) is 4.90 Å². The van der Waals surface area contributed by atoms with Crippen molar-refractivity contribution >= 4 is 11.9 Å². The molecule has 0 bridgehead atoms. The number of likely N-dealkylation sites (tertiary alicyclic amines) is 1. The number of aliphatic carboxylic acids is 1. The molecule has 0 radical (unpaired) electrons. The smallest absolute Gasteiger partial charge is 0.311 e. The Bertz CT molecular complexity index is 746. The van der Waals surface area contributed by atoms with Gasteiger partial charge in [0.1, 0.15) is 0 Å². The number of aryl methyl sites for hydroxylation is 1. The lowest BCUT2D eigenvalue weighted by Gasteiger charge is -2.39. The van der Waals surface area contributed by atoms with E-state index in [1.165, 1.54) is 0 Å². The second-order valence-corrected chi connectivity index (χ2v) is 8.01. The molecule has 1 aromatic heterocycles. The Balaban J connectivity index is 1.86. The van der Waals surface area contributed by atoms with Crippen molar-refractivity contribution in [3.05, 3.63) is 28.6 Å². The first-order valence-corrected chi connectivity index (χ1v) is 9.55. The number of hydrogen-bond donors (Lipinski definition) is 1. The molecule has 1 aliphatic heterocycles. The van der Waals surface area contributed by atoms with Crippen molar-refractivity contribution in [2.75, 3.05) is 13.1 Å². The minimum Gasteiger partial charge on any atom is -0.481 e. The number of carbonyl (C=O) groups is 2. The number of carboxylic acid groups (broad SMARTS) is 1. The van der Waals surface area contributed by atoms with Crippen molar-refractivity contribution in [3.63, 3.8) is 0 Å². The van der Waals surface area contributed by atoms with Gasteiger partial charge < -0.3 is 10.0 Å². The van der Waals surface area contributed by atoms with Crippen LogP contribution in [0.3, 0.4) is 0 Å². The summed E-state index contributed by atoms with van der Waals surface area (Å²) in [5, 5.41) is 14.4. The Morgan fingerprint density at radius 2 is 1.96 bits per heavy atom. The number of rotatable bonds is 4. The predicted molar refractivity (Wildman–Crippen MR) is 99.1 cm³/mol. The van der Waals surface area contributed by atoms with Gasteiger partial charge in [-0.2, -0.15) is 5.10 Å². The Morgan fingerprint density at radius 3 is 2.65 bits per heavy atom. The van der Waals surface area contributed by atoms with E-state index in [1.807, 2.05) is 31.7 Å². The van der Waals surface area contributed by atoms with Crippen LogP contribution >= 0.6 is 0 Å². The van der Waals surface area contributed by atoms with Crippen LogP contribution in [0.5, 0.6) is 0 Å². The van der Waals surface area contributed by atoms with Crippen LogP contribution in [0.1, 0.15) is 67.7 Å². The first-order chi connectivity index (χ1) is 12.3. The zero-order valence-electron chi connectivity index (χ0n) is 16.0. The van der Waals surface area contributed by atoms with Gasteiger partial charge in [0.15, 0.2) is 5.69 Å². The van der Waals surface area contributed by atoms with Crippen molar-refractivity contribution in [1.29, 1.82) is 0 Å². The van der Waals surface area contributed by atoms with E-state index in [9.17, 15) is 14.7 Å². The first kappa shape index (κ1) is 18.7. The van der Waals surface area contributed by atoms with E-state index in [0.717, 1.165) is 42.5 Å². The van der Waals surface area contributed by atoms with Gasteiger partial charge in [-0.05, 0) is 58.8 Å². The maximum Gasteiger partial charge on any atom is 0.311 e. The summed E-state index contributed by atoms with van der Waals surface area (Å²) in [5.41, 5.74) is 2.98. The van der Waals surface area contributed by atoms with Crippen LogP contribution in [-0.2, 0) is 24.7 Å². The molecule has 0 aromatic carbocycles. The Kier molecular flexibility index (Phi) is 5.21. The molecule has 26 heavy (non-hydrogen) atoms. The Labute approximate surface area is 154 Å². The number of amides is 1. The highest BCUT2D eigenvalue weighted by Gasteiger charge is 2.43. The molecule has 0 spiro atoms. The maximum absolute atomic E-state index is 13.2. The number of carbonyl (C=O) groups excluding carboxylic acids is 1. The van der Waals surface area contributed by atoms with Crippen LogP contribution in [0.15, 0.2) is 11.6 Å². The molecule has 1 saturated heterocycles. The maximum atomic E-state index is 13.2. The summed E-state index contributed by atoms with van der Waals surface area (Å²) in [6, 6.07) is 0. The SMILES string of the molecule is CC(C)=CCC1(C(=O)O)CCCN(C(=O)c2nn(C)c3c2CCCC3)C1. The number of fused-ring (bicyclic) bond motifs is 1. The zero-order valence-corrected chi connectivity index (χ0v) is 16.0. The normalized spacial score (nSPS) is 22.7. The van der Waals surface area contributed by atoms with Gasteiger partial charge in [0.25, 0.3) is 5.91 Å². The highest BCUT2D eigenvalue weighted by Crippen LogP contribution is 2.36. The number of aromatic nitrogens is 2. The van der Waals surface area contributed by atoms with Crippen molar-refractivity contribution in [1.82, 2.24) is 14.7 Å². The first-order valence-electron chi connectivity index (χ1n) is 9.55. The average Bonchev–Trinajstić information content (AvgIpc) is 2.96. The summed E-state index contributed by atoms with van der Waals surface area (Å²) in [6.45, 7) is 4.81. The molecular formula is C20H29N3O3. The molecule has 1 atom stereocenters. The molecule has 6 nitrogen and oxygen atoms in total. The average molecular weight is 359 g/mol. The van der Waals surface area contributed by atoms with Gasteiger partial charge in [-0.3, -0.25) is 14.3 Å². The molecule has 1 aliphatic carbocycles. The summed E-state index contributed by atoms with van der Waals surface area (Å²) >= 11 is 0. The van der Waals surface area contributed by atoms with Gasteiger partial charge in [0, 0.05) is 31.4 Å². The fourth-order valence-corrected chi connectivity index (χ4v) is 4.23. The summed E-state index contributed by atoms with van der Waals surface area (Å²) in [5.74, 6) is -0.915. The second-order valence-electron chi connectivity index (χ2n) is 8.01. The third-order valence-electron chi connectivity index (χ3n) is 5.79. The number of carboxylic acids is 1. The second kappa shape index (κ2) is 7.25. The molecule has 2 aliphatic rings.